The van der Waals surface area contributed by atoms with Crippen LogP contribution in [0.2, 0.25) is 0 Å². The van der Waals surface area contributed by atoms with E-state index in [1.807, 2.05) is 18.2 Å². The summed E-state index contributed by atoms with van der Waals surface area (Å²) in [5, 5.41) is 4.77. The van der Waals surface area contributed by atoms with Crippen molar-refractivity contribution in [3.8, 4) is 5.75 Å². The van der Waals surface area contributed by atoms with Crippen molar-refractivity contribution in [2.24, 2.45) is 4.99 Å². The van der Waals surface area contributed by atoms with Gasteiger partial charge in [0.25, 0.3) is 0 Å². The standard InChI is InChI=1S/C14H13NOS/c17-11-15-8-3-9-16-14-7-6-12-4-1-2-5-13(12)10-14/h1-2,4-7,10H,3,8-9H2. The summed E-state index contributed by atoms with van der Waals surface area (Å²) in [5.74, 6) is 0.898. The Balaban J connectivity index is 1.97. The molecule has 2 aromatic rings. The van der Waals surface area contributed by atoms with Crippen LogP contribution in [0.5, 0.6) is 5.75 Å². The fourth-order valence-corrected chi connectivity index (χ4v) is 1.73. The number of hydrogen-bond donors (Lipinski definition) is 0. The largest absolute Gasteiger partial charge is 0.494 e. The lowest BCUT2D eigenvalue weighted by atomic mass is 10.1. The Kier molecular flexibility index (Phi) is 4.25. The molecule has 0 radical (unpaired) electrons. The van der Waals surface area contributed by atoms with Gasteiger partial charge in [-0.1, -0.05) is 30.3 Å². The number of nitrogens with zero attached hydrogens (tertiary/aromatic N) is 1. The first kappa shape index (κ1) is 11.8. The highest BCUT2D eigenvalue weighted by Crippen LogP contribution is 2.20. The topological polar surface area (TPSA) is 21.6 Å². The molecule has 2 rings (SSSR count). The van der Waals surface area contributed by atoms with Crippen molar-refractivity contribution in [2.45, 2.75) is 6.42 Å². The number of isothiocyanates is 1. The van der Waals surface area contributed by atoms with Crippen LogP contribution in [0.1, 0.15) is 6.42 Å². The molecule has 0 unspecified atom stereocenters. The van der Waals surface area contributed by atoms with Gasteiger partial charge in [-0.15, -0.1) is 0 Å². The number of hydrogen-bond acceptors (Lipinski definition) is 3. The molecule has 0 aliphatic rings. The van der Waals surface area contributed by atoms with E-state index in [2.05, 4.69) is 46.6 Å². The molecule has 17 heavy (non-hydrogen) atoms. The Bertz CT molecular complexity index is 547. The quantitative estimate of drug-likeness (QED) is 0.453. The number of fused-ring (bicyclic) bond motifs is 1. The van der Waals surface area contributed by atoms with E-state index in [1.165, 1.54) is 10.8 Å². The molecule has 0 amide bonds. The van der Waals surface area contributed by atoms with Crippen molar-refractivity contribution in [2.75, 3.05) is 13.2 Å². The highest BCUT2D eigenvalue weighted by molar-refractivity contribution is 7.78. The van der Waals surface area contributed by atoms with Gasteiger partial charge in [0.05, 0.1) is 18.3 Å². The Morgan fingerprint density at radius 1 is 1.12 bits per heavy atom. The van der Waals surface area contributed by atoms with Gasteiger partial charge in [0.2, 0.25) is 0 Å². The zero-order chi connectivity index (χ0) is 11.9. The average Bonchev–Trinajstić information content (AvgIpc) is 2.38. The predicted molar refractivity (Wildman–Crippen MR) is 74.0 cm³/mol. The van der Waals surface area contributed by atoms with Crippen molar-refractivity contribution in [3.05, 3.63) is 42.5 Å². The molecule has 0 N–H and O–H groups in total. The second-order valence-electron chi connectivity index (χ2n) is 3.68. The predicted octanol–water partition coefficient (Wildman–Crippen LogP) is 3.71. The van der Waals surface area contributed by atoms with Crippen molar-refractivity contribution >= 4 is 28.2 Å². The molecule has 86 valence electrons. The third kappa shape index (κ3) is 3.38. The minimum atomic E-state index is 0.652. The van der Waals surface area contributed by atoms with Gasteiger partial charge in [0.1, 0.15) is 5.75 Å². The van der Waals surface area contributed by atoms with Crippen LogP contribution in [0.15, 0.2) is 47.5 Å². The van der Waals surface area contributed by atoms with Crippen LogP contribution >= 0.6 is 12.2 Å². The summed E-state index contributed by atoms with van der Waals surface area (Å²) in [6.07, 6.45) is 0.858. The maximum Gasteiger partial charge on any atom is 0.119 e. The molecule has 0 aliphatic heterocycles. The van der Waals surface area contributed by atoms with Gasteiger partial charge in [-0.25, -0.2) is 4.99 Å². The molecule has 0 aliphatic carbocycles. The highest BCUT2D eigenvalue weighted by atomic mass is 32.1. The monoisotopic (exact) mass is 243 g/mol. The van der Waals surface area contributed by atoms with Crippen LogP contribution in [-0.4, -0.2) is 18.3 Å². The number of thiocarbonyl (C=S) groups is 1. The second kappa shape index (κ2) is 6.14. The molecular formula is C14H13NOS. The summed E-state index contributed by atoms with van der Waals surface area (Å²) in [6, 6.07) is 14.3. The third-order valence-electron chi connectivity index (χ3n) is 2.47. The minimum Gasteiger partial charge on any atom is -0.494 e. The van der Waals surface area contributed by atoms with E-state index in [1.54, 1.807) is 0 Å². The second-order valence-corrected chi connectivity index (χ2v) is 3.87. The van der Waals surface area contributed by atoms with Gasteiger partial charge < -0.3 is 4.74 Å². The lowest BCUT2D eigenvalue weighted by Gasteiger charge is -2.06. The summed E-state index contributed by atoms with van der Waals surface area (Å²) in [6.45, 7) is 1.33. The zero-order valence-electron chi connectivity index (χ0n) is 9.43. The van der Waals surface area contributed by atoms with Crippen molar-refractivity contribution < 1.29 is 4.74 Å². The lowest BCUT2D eigenvalue weighted by Crippen LogP contribution is -1.98. The molecule has 0 heterocycles. The summed E-state index contributed by atoms with van der Waals surface area (Å²) >= 11 is 4.49. The van der Waals surface area contributed by atoms with Gasteiger partial charge in [-0.2, -0.15) is 0 Å². The maximum atomic E-state index is 5.64. The van der Waals surface area contributed by atoms with E-state index in [-0.39, 0.29) is 0 Å². The van der Waals surface area contributed by atoms with Gasteiger partial charge in [0.15, 0.2) is 0 Å². The van der Waals surface area contributed by atoms with Crippen molar-refractivity contribution in [1.29, 1.82) is 0 Å². The zero-order valence-corrected chi connectivity index (χ0v) is 10.2. The SMILES string of the molecule is S=C=NCCCOc1ccc2ccccc2c1. The van der Waals surface area contributed by atoms with Gasteiger partial charge in [0, 0.05) is 6.42 Å². The molecular weight excluding hydrogens is 230 g/mol. The molecule has 3 heteroatoms. The smallest absolute Gasteiger partial charge is 0.119 e. The van der Waals surface area contributed by atoms with Gasteiger partial charge in [-0.3, -0.25) is 0 Å². The lowest BCUT2D eigenvalue weighted by molar-refractivity contribution is 0.314. The van der Waals surface area contributed by atoms with Crippen molar-refractivity contribution in [1.82, 2.24) is 0 Å². The molecule has 2 nitrogen and oxygen atoms in total. The van der Waals surface area contributed by atoms with E-state index in [0.717, 1.165) is 12.2 Å². The summed E-state index contributed by atoms with van der Waals surface area (Å²) < 4.78 is 5.64. The Morgan fingerprint density at radius 2 is 1.94 bits per heavy atom. The van der Waals surface area contributed by atoms with Crippen LogP contribution in [0.25, 0.3) is 10.8 Å². The van der Waals surface area contributed by atoms with E-state index in [0.29, 0.717) is 13.2 Å². The summed E-state index contributed by atoms with van der Waals surface area (Å²) in [4.78, 5) is 3.84. The Morgan fingerprint density at radius 3 is 2.76 bits per heavy atom. The highest BCUT2D eigenvalue weighted by Gasteiger charge is 1.96. The maximum absolute atomic E-state index is 5.64. The number of benzene rings is 2. The van der Waals surface area contributed by atoms with Crippen LogP contribution in [0, 0.1) is 0 Å². The fraction of sp³-hybridized carbons (Fsp3) is 0.214. The van der Waals surface area contributed by atoms with Gasteiger partial charge in [-0.05, 0) is 35.1 Å². The van der Waals surface area contributed by atoms with E-state index in [9.17, 15) is 0 Å². The molecule has 0 bridgehead atoms. The molecule has 0 saturated carbocycles. The third-order valence-corrected chi connectivity index (χ3v) is 2.60. The van der Waals surface area contributed by atoms with Gasteiger partial charge >= 0.3 is 0 Å². The van der Waals surface area contributed by atoms with Crippen LogP contribution in [0.4, 0.5) is 0 Å². The number of ether oxygens (including phenoxy) is 1. The van der Waals surface area contributed by atoms with E-state index >= 15 is 0 Å². The minimum absolute atomic E-state index is 0.652. The van der Waals surface area contributed by atoms with E-state index in [4.69, 9.17) is 4.74 Å². The number of rotatable bonds is 5. The van der Waals surface area contributed by atoms with Crippen LogP contribution in [0.3, 0.4) is 0 Å². The molecule has 0 fully saturated rings. The first-order chi connectivity index (χ1) is 8.40. The fourth-order valence-electron chi connectivity index (χ4n) is 1.64. The first-order valence-electron chi connectivity index (χ1n) is 5.55. The van der Waals surface area contributed by atoms with E-state index < -0.39 is 0 Å². The van der Waals surface area contributed by atoms with Crippen molar-refractivity contribution in [3.63, 3.8) is 0 Å². The first-order valence-corrected chi connectivity index (χ1v) is 5.96. The molecule has 0 saturated heterocycles. The average molecular weight is 243 g/mol. The normalized spacial score (nSPS) is 9.88. The molecule has 0 atom stereocenters. The molecule has 0 aromatic heterocycles. The van der Waals surface area contributed by atoms with Crippen LogP contribution < -0.4 is 4.74 Å². The summed E-state index contributed by atoms with van der Waals surface area (Å²) in [5.41, 5.74) is 0. The molecule has 2 aromatic carbocycles. The Labute approximate surface area is 106 Å². The number of aliphatic imine (C=N–C) groups is 1. The Hall–Kier alpha value is -1.70. The molecule has 0 spiro atoms. The van der Waals surface area contributed by atoms with Crippen LogP contribution in [-0.2, 0) is 0 Å². The summed E-state index contributed by atoms with van der Waals surface area (Å²) in [7, 11) is 0.